The van der Waals surface area contributed by atoms with Crippen LogP contribution < -0.4 is 4.90 Å². The Morgan fingerprint density at radius 2 is 2.25 bits per heavy atom. The highest BCUT2D eigenvalue weighted by molar-refractivity contribution is 9.10. The van der Waals surface area contributed by atoms with Gasteiger partial charge in [0.2, 0.25) is 0 Å². The quantitative estimate of drug-likeness (QED) is 0.785. The van der Waals surface area contributed by atoms with E-state index >= 15 is 0 Å². The summed E-state index contributed by atoms with van der Waals surface area (Å²) in [6.45, 7) is 9.62. The lowest BCUT2D eigenvalue weighted by Gasteiger charge is -2.24. The van der Waals surface area contributed by atoms with Crippen molar-refractivity contribution in [2.45, 2.75) is 13.8 Å². The molecular weight excluding hydrogens is 264 g/mol. The number of hydrogen-bond acceptors (Lipinski definition) is 2. The van der Waals surface area contributed by atoms with Crippen LogP contribution in [0.1, 0.15) is 19.4 Å². The van der Waals surface area contributed by atoms with Crippen molar-refractivity contribution >= 4 is 21.6 Å². The molecule has 0 saturated carbocycles. The van der Waals surface area contributed by atoms with Crippen molar-refractivity contribution in [3.8, 4) is 6.07 Å². The zero-order chi connectivity index (χ0) is 12.1. The molecule has 0 spiro atoms. The number of benzene rings is 1. The van der Waals surface area contributed by atoms with Crippen LogP contribution in [0.4, 0.5) is 5.69 Å². The highest BCUT2D eigenvalue weighted by atomic mass is 79.9. The molecule has 0 bridgehead atoms. The molecule has 2 nitrogen and oxygen atoms in total. The van der Waals surface area contributed by atoms with Crippen LogP contribution in [0.3, 0.4) is 0 Å². The Labute approximate surface area is 105 Å². The van der Waals surface area contributed by atoms with E-state index in [1.165, 1.54) is 0 Å². The third-order valence-electron chi connectivity index (χ3n) is 2.29. The largest absolute Gasteiger partial charge is 0.367 e. The molecule has 1 aromatic carbocycles. The number of likely N-dealkylation sites (N-methyl/N-ethyl adjacent to an activating group) is 1. The minimum atomic E-state index is 0.686. The average molecular weight is 279 g/mol. The van der Waals surface area contributed by atoms with Crippen molar-refractivity contribution in [1.82, 2.24) is 0 Å². The average Bonchev–Trinajstić information content (AvgIpc) is 2.25. The van der Waals surface area contributed by atoms with Gasteiger partial charge in [-0.15, -0.1) is 0 Å². The van der Waals surface area contributed by atoms with Crippen molar-refractivity contribution < 1.29 is 0 Å². The lowest BCUT2D eigenvalue weighted by Crippen LogP contribution is -2.25. The molecule has 0 unspecified atom stereocenters. The second-order valence-electron chi connectivity index (χ2n) is 3.72. The zero-order valence-corrected chi connectivity index (χ0v) is 11.2. The highest BCUT2D eigenvalue weighted by Crippen LogP contribution is 2.27. The zero-order valence-electron chi connectivity index (χ0n) is 9.63. The van der Waals surface area contributed by atoms with Crippen molar-refractivity contribution in [2.75, 3.05) is 18.0 Å². The summed E-state index contributed by atoms with van der Waals surface area (Å²) >= 11 is 3.40. The predicted octanol–water partition coefficient (Wildman–Crippen LogP) is 3.72. The monoisotopic (exact) mass is 278 g/mol. The Hall–Kier alpha value is -1.27. The van der Waals surface area contributed by atoms with Crippen molar-refractivity contribution in [1.29, 1.82) is 5.26 Å². The van der Waals surface area contributed by atoms with Gasteiger partial charge in [-0.05, 0) is 41.9 Å². The third kappa shape index (κ3) is 2.86. The van der Waals surface area contributed by atoms with Crippen LogP contribution in [0.25, 0.3) is 0 Å². The second kappa shape index (κ2) is 5.72. The van der Waals surface area contributed by atoms with Crippen LogP contribution in [0, 0.1) is 11.3 Å². The Bertz CT molecular complexity index is 432. The third-order valence-corrected chi connectivity index (χ3v) is 2.95. The highest BCUT2D eigenvalue weighted by Gasteiger charge is 2.11. The second-order valence-corrected chi connectivity index (χ2v) is 4.57. The van der Waals surface area contributed by atoms with Gasteiger partial charge in [0.25, 0.3) is 0 Å². The number of rotatable bonds is 4. The minimum absolute atomic E-state index is 0.686. The van der Waals surface area contributed by atoms with Crippen LogP contribution in [-0.4, -0.2) is 13.1 Å². The van der Waals surface area contributed by atoms with Crippen molar-refractivity contribution in [3.05, 3.63) is 40.4 Å². The summed E-state index contributed by atoms with van der Waals surface area (Å²) < 4.78 is 0.840. The van der Waals surface area contributed by atoms with Crippen molar-refractivity contribution in [2.24, 2.45) is 0 Å². The summed E-state index contributed by atoms with van der Waals surface area (Å²) in [4.78, 5) is 2.14. The Morgan fingerprint density at radius 1 is 1.56 bits per heavy atom. The number of anilines is 1. The van der Waals surface area contributed by atoms with E-state index in [1.807, 2.05) is 25.1 Å². The molecule has 0 heterocycles. The maximum atomic E-state index is 9.15. The molecule has 0 aliphatic rings. The molecule has 1 rings (SSSR count). The predicted molar refractivity (Wildman–Crippen MR) is 71.6 cm³/mol. The summed E-state index contributed by atoms with van der Waals surface area (Å²) in [5, 5.41) is 9.15. The Kier molecular flexibility index (Phi) is 4.57. The smallest absolute Gasteiger partial charge is 0.103 e. The summed E-state index contributed by atoms with van der Waals surface area (Å²) in [5.74, 6) is 0. The molecule has 0 atom stereocenters. The summed E-state index contributed by atoms with van der Waals surface area (Å²) in [6, 6.07) is 8.03. The fourth-order valence-electron chi connectivity index (χ4n) is 1.58. The van der Waals surface area contributed by atoms with Crippen LogP contribution in [0.5, 0.6) is 0 Å². The molecule has 0 saturated heterocycles. The first-order valence-corrected chi connectivity index (χ1v) is 5.97. The maximum Gasteiger partial charge on any atom is 0.103 e. The number of hydrogen-bond donors (Lipinski definition) is 0. The van der Waals surface area contributed by atoms with Gasteiger partial charge in [0, 0.05) is 17.6 Å². The van der Waals surface area contributed by atoms with Gasteiger partial charge in [0.05, 0.1) is 11.3 Å². The van der Waals surface area contributed by atoms with Gasteiger partial charge in [-0.3, -0.25) is 0 Å². The lowest BCUT2D eigenvalue weighted by molar-refractivity contribution is 0.878. The fraction of sp³-hybridized carbons (Fsp3) is 0.308. The molecule has 0 amide bonds. The fourth-order valence-corrected chi connectivity index (χ4v) is 2.02. The normalized spacial score (nSPS) is 9.62. The van der Waals surface area contributed by atoms with E-state index in [0.717, 1.165) is 28.8 Å². The van der Waals surface area contributed by atoms with Gasteiger partial charge in [0.1, 0.15) is 6.07 Å². The standard InChI is InChI=1S/C13H15BrN2/c1-4-16(9-10(2)3)13-7-5-6-12(14)11(13)8-15/h5-7H,2,4,9H2,1,3H3. The minimum Gasteiger partial charge on any atom is -0.367 e. The first-order chi connectivity index (χ1) is 7.60. The topological polar surface area (TPSA) is 27.0 Å². The number of nitrogens with zero attached hydrogens (tertiary/aromatic N) is 2. The maximum absolute atomic E-state index is 9.15. The van der Waals surface area contributed by atoms with E-state index in [4.69, 9.17) is 5.26 Å². The summed E-state index contributed by atoms with van der Waals surface area (Å²) in [5.41, 5.74) is 2.73. The molecule has 0 fully saturated rings. The number of nitriles is 1. The SMILES string of the molecule is C=C(C)CN(CC)c1cccc(Br)c1C#N. The van der Waals surface area contributed by atoms with E-state index in [-0.39, 0.29) is 0 Å². The molecular formula is C13H15BrN2. The van der Waals surface area contributed by atoms with Crippen LogP contribution in [-0.2, 0) is 0 Å². The number of halogens is 1. The van der Waals surface area contributed by atoms with Crippen LogP contribution in [0.15, 0.2) is 34.8 Å². The molecule has 0 aliphatic carbocycles. The van der Waals surface area contributed by atoms with Gasteiger partial charge < -0.3 is 4.90 Å². The van der Waals surface area contributed by atoms with Gasteiger partial charge in [-0.2, -0.15) is 5.26 Å². The molecule has 0 aliphatic heterocycles. The van der Waals surface area contributed by atoms with E-state index in [2.05, 4.69) is 40.4 Å². The molecule has 0 radical (unpaired) electrons. The molecule has 16 heavy (non-hydrogen) atoms. The molecule has 0 aromatic heterocycles. The van der Waals surface area contributed by atoms with E-state index in [1.54, 1.807) is 0 Å². The van der Waals surface area contributed by atoms with Gasteiger partial charge in [-0.1, -0.05) is 18.2 Å². The van der Waals surface area contributed by atoms with E-state index in [0.29, 0.717) is 5.56 Å². The van der Waals surface area contributed by atoms with Crippen molar-refractivity contribution in [3.63, 3.8) is 0 Å². The van der Waals surface area contributed by atoms with Gasteiger partial charge >= 0.3 is 0 Å². The first-order valence-electron chi connectivity index (χ1n) is 5.18. The Balaban J connectivity index is 3.15. The summed E-state index contributed by atoms with van der Waals surface area (Å²) in [6.07, 6.45) is 0. The lowest BCUT2D eigenvalue weighted by atomic mass is 10.1. The first kappa shape index (κ1) is 12.8. The van der Waals surface area contributed by atoms with Crippen LogP contribution >= 0.6 is 15.9 Å². The Morgan fingerprint density at radius 3 is 2.75 bits per heavy atom. The van der Waals surface area contributed by atoms with E-state index < -0.39 is 0 Å². The van der Waals surface area contributed by atoms with Crippen LogP contribution in [0.2, 0.25) is 0 Å². The molecule has 84 valence electrons. The van der Waals surface area contributed by atoms with Gasteiger partial charge in [0.15, 0.2) is 0 Å². The van der Waals surface area contributed by atoms with E-state index in [9.17, 15) is 0 Å². The summed E-state index contributed by atoms with van der Waals surface area (Å²) in [7, 11) is 0. The molecule has 3 heteroatoms. The molecule has 1 aromatic rings. The molecule has 0 N–H and O–H groups in total. The van der Waals surface area contributed by atoms with Gasteiger partial charge in [-0.25, -0.2) is 0 Å².